The molecule has 102 valence electrons. The van der Waals surface area contributed by atoms with Gasteiger partial charge in [0.2, 0.25) is 0 Å². The van der Waals surface area contributed by atoms with Gasteiger partial charge in [0, 0.05) is 17.1 Å². The number of nitrogens with two attached hydrogens (primary N) is 1. The van der Waals surface area contributed by atoms with Crippen LogP contribution in [0.25, 0.3) is 0 Å². The van der Waals surface area contributed by atoms with Crippen molar-refractivity contribution in [2.45, 2.75) is 39.3 Å². The molecule has 0 fully saturated rings. The van der Waals surface area contributed by atoms with Gasteiger partial charge in [-0.25, -0.2) is 4.39 Å². The summed E-state index contributed by atoms with van der Waals surface area (Å²) >= 11 is 3.29. The van der Waals surface area contributed by atoms with E-state index in [4.69, 9.17) is 10.5 Å². The minimum atomic E-state index is -0.246. The normalized spacial score (nSPS) is 14.8. The van der Waals surface area contributed by atoms with Crippen molar-refractivity contribution >= 4 is 15.9 Å². The Bertz CT molecular complexity index is 364. The lowest BCUT2D eigenvalue weighted by Crippen LogP contribution is -2.42. The Morgan fingerprint density at radius 2 is 2.00 bits per heavy atom. The van der Waals surface area contributed by atoms with Crippen molar-refractivity contribution in [3.8, 4) is 0 Å². The molecule has 0 aromatic heterocycles. The summed E-state index contributed by atoms with van der Waals surface area (Å²) < 4.78 is 19.7. The van der Waals surface area contributed by atoms with Crippen molar-refractivity contribution in [3.05, 3.63) is 34.1 Å². The summed E-state index contributed by atoms with van der Waals surface area (Å²) in [5, 5.41) is 0. The van der Waals surface area contributed by atoms with Crippen LogP contribution in [0, 0.1) is 11.7 Å². The van der Waals surface area contributed by atoms with Crippen molar-refractivity contribution in [2.75, 3.05) is 6.61 Å². The van der Waals surface area contributed by atoms with Crippen LogP contribution in [-0.2, 0) is 11.2 Å². The van der Waals surface area contributed by atoms with E-state index < -0.39 is 0 Å². The van der Waals surface area contributed by atoms with Crippen molar-refractivity contribution < 1.29 is 9.13 Å². The molecular formula is C14H21BrFNO. The summed E-state index contributed by atoms with van der Waals surface area (Å²) in [7, 11) is 0. The zero-order valence-corrected chi connectivity index (χ0v) is 12.7. The number of hydrogen-bond donors (Lipinski definition) is 1. The van der Waals surface area contributed by atoms with Crippen molar-refractivity contribution in [2.24, 2.45) is 11.7 Å². The van der Waals surface area contributed by atoms with E-state index in [0.29, 0.717) is 18.9 Å². The van der Waals surface area contributed by atoms with Gasteiger partial charge >= 0.3 is 0 Å². The zero-order chi connectivity index (χ0) is 13.7. The molecule has 0 saturated heterocycles. The standard InChI is InChI=1S/C14H21BrFNO/c1-4-18-14(9(2)3)13(17)7-10-5-11(15)8-12(16)6-10/h5-6,8-9,13-14H,4,7,17H2,1-3H3. The van der Waals surface area contributed by atoms with E-state index in [1.807, 2.05) is 13.0 Å². The van der Waals surface area contributed by atoms with E-state index in [-0.39, 0.29) is 18.0 Å². The van der Waals surface area contributed by atoms with E-state index in [9.17, 15) is 4.39 Å². The topological polar surface area (TPSA) is 35.2 Å². The largest absolute Gasteiger partial charge is 0.377 e. The molecule has 0 aliphatic carbocycles. The summed E-state index contributed by atoms with van der Waals surface area (Å²) in [4.78, 5) is 0. The molecule has 2 unspecified atom stereocenters. The molecule has 0 saturated carbocycles. The van der Waals surface area contributed by atoms with Crippen LogP contribution in [0.1, 0.15) is 26.3 Å². The van der Waals surface area contributed by atoms with E-state index in [0.717, 1.165) is 10.0 Å². The lowest BCUT2D eigenvalue weighted by atomic mass is 9.94. The monoisotopic (exact) mass is 317 g/mol. The van der Waals surface area contributed by atoms with Crippen LogP contribution in [0.5, 0.6) is 0 Å². The van der Waals surface area contributed by atoms with E-state index >= 15 is 0 Å². The second-order valence-electron chi connectivity index (χ2n) is 4.81. The summed E-state index contributed by atoms with van der Waals surface area (Å²) in [6.45, 7) is 6.77. The van der Waals surface area contributed by atoms with Gasteiger partial charge in [-0.1, -0.05) is 29.8 Å². The highest BCUT2D eigenvalue weighted by Crippen LogP contribution is 2.19. The van der Waals surface area contributed by atoms with Gasteiger partial charge in [-0.05, 0) is 43.0 Å². The minimum Gasteiger partial charge on any atom is -0.377 e. The highest BCUT2D eigenvalue weighted by atomic mass is 79.9. The molecule has 4 heteroatoms. The minimum absolute atomic E-state index is 0.00274. The van der Waals surface area contributed by atoms with Crippen LogP contribution < -0.4 is 5.73 Å². The van der Waals surface area contributed by atoms with Crippen LogP contribution in [0.15, 0.2) is 22.7 Å². The first kappa shape index (κ1) is 15.6. The number of rotatable bonds is 6. The summed E-state index contributed by atoms with van der Waals surface area (Å²) in [5.41, 5.74) is 7.06. The first-order chi connectivity index (χ1) is 8.43. The zero-order valence-electron chi connectivity index (χ0n) is 11.1. The third kappa shape index (κ3) is 4.67. The fourth-order valence-corrected chi connectivity index (χ4v) is 2.63. The highest BCUT2D eigenvalue weighted by Gasteiger charge is 2.22. The fourth-order valence-electron chi connectivity index (χ4n) is 2.12. The molecule has 0 aliphatic heterocycles. The van der Waals surface area contributed by atoms with Gasteiger partial charge in [0.05, 0.1) is 6.10 Å². The van der Waals surface area contributed by atoms with Gasteiger partial charge in [0.25, 0.3) is 0 Å². The lowest BCUT2D eigenvalue weighted by molar-refractivity contribution is 0.0127. The van der Waals surface area contributed by atoms with Gasteiger partial charge in [0.15, 0.2) is 0 Å². The van der Waals surface area contributed by atoms with Crippen LogP contribution >= 0.6 is 15.9 Å². The molecule has 0 bridgehead atoms. The first-order valence-electron chi connectivity index (χ1n) is 6.26. The fraction of sp³-hybridized carbons (Fsp3) is 0.571. The molecule has 0 aliphatic rings. The Hall–Kier alpha value is -0.450. The molecule has 2 N–H and O–H groups in total. The first-order valence-corrected chi connectivity index (χ1v) is 7.05. The predicted molar refractivity (Wildman–Crippen MR) is 76.0 cm³/mol. The van der Waals surface area contributed by atoms with Crippen LogP contribution in [0.3, 0.4) is 0 Å². The lowest BCUT2D eigenvalue weighted by Gasteiger charge is -2.27. The SMILES string of the molecule is CCOC(C(C)C)C(N)Cc1cc(F)cc(Br)c1. The second kappa shape index (κ2) is 7.22. The van der Waals surface area contributed by atoms with Gasteiger partial charge in [-0.3, -0.25) is 0 Å². The number of benzene rings is 1. The van der Waals surface area contributed by atoms with Crippen LogP contribution in [0.2, 0.25) is 0 Å². The van der Waals surface area contributed by atoms with E-state index in [1.54, 1.807) is 0 Å². The molecule has 18 heavy (non-hydrogen) atoms. The molecule has 0 radical (unpaired) electrons. The molecule has 1 aromatic rings. The van der Waals surface area contributed by atoms with Crippen LogP contribution in [-0.4, -0.2) is 18.8 Å². The Kier molecular flexibility index (Phi) is 6.26. The number of halogens is 2. The van der Waals surface area contributed by atoms with E-state index in [2.05, 4.69) is 29.8 Å². The molecule has 0 spiro atoms. The Labute approximate surface area is 117 Å². The quantitative estimate of drug-likeness (QED) is 0.871. The third-order valence-corrected chi connectivity index (χ3v) is 3.29. The summed E-state index contributed by atoms with van der Waals surface area (Å²) in [6.07, 6.45) is 0.608. The van der Waals surface area contributed by atoms with Gasteiger partial charge in [0.1, 0.15) is 5.82 Å². The molecule has 1 rings (SSSR count). The molecule has 0 amide bonds. The smallest absolute Gasteiger partial charge is 0.124 e. The maximum atomic E-state index is 13.3. The summed E-state index contributed by atoms with van der Waals surface area (Å²) in [5.74, 6) is 0.0982. The molecule has 1 aromatic carbocycles. The average molecular weight is 318 g/mol. The average Bonchev–Trinajstić information content (AvgIpc) is 2.23. The van der Waals surface area contributed by atoms with Crippen LogP contribution in [0.4, 0.5) is 4.39 Å². The number of hydrogen-bond acceptors (Lipinski definition) is 2. The molecule has 2 atom stereocenters. The molecule has 2 nitrogen and oxygen atoms in total. The van der Waals surface area contributed by atoms with Crippen molar-refractivity contribution in [1.29, 1.82) is 0 Å². The molecule has 0 heterocycles. The van der Waals surface area contributed by atoms with Gasteiger partial charge < -0.3 is 10.5 Å². The van der Waals surface area contributed by atoms with E-state index in [1.165, 1.54) is 12.1 Å². The predicted octanol–water partition coefficient (Wildman–Crippen LogP) is 3.52. The second-order valence-corrected chi connectivity index (χ2v) is 5.73. The highest BCUT2D eigenvalue weighted by molar-refractivity contribution is 9.10. The Balaban J connectivity index is 2.75. The Morgan fingerprint density at radius 3 is 2.50 bits per heavy atom. The third-order valence-electron chi connectivity index (χ3n) is 2.83. The van der Waals surface area contributed by atoms with Gasteiger partial charge in [-0.15, -0.1) is 0 Å². The number of ether oxygens (including phenoxy) is 1. The molecular weight excluding hydrogens is 297 g/mol. The van der Waals surface area contributed by atoms with Crippen molar-refractivity contribution in [1.82, 2.24) is 0 Å². The van der Waals surface area contributed by atoms with Crippen molar-refractivity contribution in [3.63, 3.8) is 0 Å². The summed E-state index contributed by atoms with van der Waals surface area (Å²) in [6, 6.07) is 4.73. The maximum absolute atomic E-state index is 13.3. The Morgan fingerprint density at radius 1 is 1.33 bits per heavy atom. The maximum Gasteiger partial charge on any atom is 0.124 e. The van der Waals surface area contributed by atoms with Gasteiger partial charge in [-0.2, -0.15) is 0 Å².